The molecule has 0 atom stereocenters. The molecule has 0 aliphatic heterocycles. The van der Waals surface area contributed by atoms with Gasteiger partial charge < -0.3 is 0 Å². The van der Waals surface area contributed by atoms with E-state index in [9.17, 15) is 9.18 Å². The second-order valence-electron chi connectivity index (χ2n) is 4.91. The topological polar surface area (TPSA) is 60.7 Å². The molecule has 0 aliphatic rings. The summed E-state index contributed by atoms with van der Waals surface area (Å²) in [5, 5.41) is 11.3. The number of hydrogen-bond acceptors (Lipinski definition) is 4. The van der Waals surface area contributed by atoms with E-state index in [-0.39, 0.29) is 5.82 Å². The Labute approximate surface area is 132 Å². The van der Waals surface area contributed by atoms with Gasteiger partial charge in [0.1, 0.15) is 5.82 Å². The van der Waals surface area contributed by atoms with Gasteiger partial charge >= 0.3 is 0 Å². The van der Waals surface area contributed by atoms with E-state index in [4.69, 9.17) is 0 Å². The number of hydrogen-bond donors (Lipinski definition) is 0. The van der Waals surface area contributed by atoms with Crippen molar-refractivity contribution in [2.24, 2.45) is 7.05 Å². The van der Waals surface area contributed by atoms with Crippen molar-refractivity contribution in [3.8, 4) is 0 Å². The Kier molecular flexibility index (Phi) is 4.05. The summed E-state index contributed by atoms with van der Waals surface area (Å²) in [6.07, 6.45) is 0.720. The van der Waals surface area contributed by atoms with E-state index in [0.29, 0.717) is 22.5 Å². The molecule has 5 nitrogen and oxygen atoms in total. The van der Waals surface area contributed by atoms with Crippen molar-refractivity contribution in [1.82, 2.24) is 20.2 Å². The highest BCUT2D eigenvalue weighted by Crippen LogP contribution is 2.30. The summed E-state index contributed by atoms with van der Waals surface area (Å²) < 4.78 is 14.7. The van der Waals surface area contributed by atoms with Crippen LogP contribution in [0.15, 0.2) is 54.6 Å². The normalized spacial score (nSPS) is 11.9. The highest BCUT2D eigenvalue weighted by atomic mass is 19.1. The van der Waals surface area contributed by atoms with Crippen molar-refractivity contribution in [3.63, 3.8) is 0 Å². The predicted octanol–water partition coefficient (Wildman–Crippen LogP) is 2.51. The molecule has 0 spiro atoms. The van der Waals surface area contributed by atoms with Crippen molar-refractivity contribution < 1.29 is 9.18 Å². The molecule has 2 aromatic carbocycles. The van der Waals surface area contributed by atoms with E-state index in [1.165, 1.54) is 16.8 Å². The molecule has 114 valence electrons. The number of carbonyl (C=O) groups is 1. The largest absolute Gasteiger partial charge is 0.298 e. The summed E-state index contributed by atoms with van der Waals surface area (Å²) in [5.41, 5.74) is 2.53. The smallest absolute Gasteiger partial charge is 0.185 e. The van der Waals surface area contributed by atoms with Crippen molar-refractivity contribution in [1.29, 1.82) is 0 Å². The summed E-state index contributed by atoms with van der Waals surface area (Å²) in [7, 11) is 1.66. The van der Waals surface area contributed by atoms with Gasteiger partial charge in [-0.25, -0.2) is 9.07 Å². The molecule has 6 heteroatoms. The molecule has 0 amide bonds. The zero-order chi connectivity index (χ0) is 16.2. The third-order valence-electron chi connectivity index (χ3n) is 3.44. The molecule has 0 radical (unpaired) electrons. The molecular weight excluding hydrogens is 295 g/mol. The van der Waals surface area contributed by atoms with Crippen LogP contribution in [0.2, 0.25) is 0 Å². The molecule has 0 saturated heterocycles. The second-order valence-corrected chi connectivity index (χ2v) is 4.91. The lowest BCUT2D eigenvalue weighted by Crippen LogP contribution is -2.03. The summed E-state index contributed by atoms with van der Waals surface area (Å²) in [5.74, 6) is 0.0114. The van der Waals surface area contributed by atoms with Gasteiger partial charge in [-0.05, 0) is 33.7 Å². The van der Waals surface area contributed by atoms with E-state index >= 15 is 0 Å². The van der Waals surface area contributed by atoms with E-state index in [2.05, 4.69) is 15.5 Å². The van der Waals surface area contributed by atoms with Crippen molar-refractivity contribution in [2.75, 3.05) is 0 Å². The maximum absolute atomic E-state index is 13.3. The maximum Gasteiger partial charge on any atom is 0.185 e. The molecule has 0 fully saturated rings. The number of carbonyl (C=O) groups excluding carboxylic acids is 1. The lowest BCUT2D eigenvalue weighted by atomic mass is 9.93. The third kappa shape index (κ3) is 2.91. The van der Waals surface area contributed by atoms with E-state index in [1.807, 2.05) is 30.3 Å². The van der Waals surface area contributed by atoms with Gasteiger partial charge in [0.2, 0.25) is 0 Å². The Morgan fingerprint density at radius 3 is 2.26 bits per heavy atom. The average Bonchev–Trinajstić information content (AvgIpc) is 3.00. The minimum Gasteiger partial charge on any atom is -0.298 e. The Morgan fingerprint density at radius 2 is 1.70 bits per heavy atom. The van der Waals surface area contributed by atoms with E-state index in [1.54, 1.807) is 19.2 Å². The van der Waals surface area contributed by atoms with Crippen LogP contribution in [-0.2, 0) is 11.8 Å². The first kappa shape index (κ1) is 14.8. The van der Waals surface area contributed by atoms with Crippen LogP contribution < -0.4 is 0 Å². The van der Waals surface area contributed by atoms with Crippen LogP contribution in [0.25, 0.3) is 11.1 Å². The Bertz CT molecular complexity index is 854. The third-order valence-corrected chi connectivity index (χ3v) is 3.44. The number of nitrogens with zero attached hydrogens (tertiary/aromatic N) is 4. The molecule has 0 saturated carbocycles. The lowest BCUT2D eigenvalue weighted by molar-refractivity contribution is -0.103. The first-order valence-corrected chi connectivity index (χ1v) is 6.94. The highest BCUT2D eigenvalue weighted by Gasteiger charge is 2.17. The Balaban J connectivity index is 2.30. The Hall–Kier alpha value is -3.15. The standard InChI is InChI=1S/C17H13FN4O/c1-22-17(19-20-21-22)15(11-23)16(12-5-3-2-4-6-12)13-7-9-14(18)10-8-13/h2-11H,1H3/b16-15+. The fraction of sp³-hybridized carbons (Fsp3) is 0.0588. The summed E-state index contributed by atoms with van der Waals surface area (Å²) >= 11 is 0. The first-order chi connectivity index (χ1) is 11.2. The second kappa shape index (κ2) is 6.31. The van der Waals surface area contributed by atoms with Gasteiger partial charge in [0.15, 0.2) is 12.1 Å². The molecular formula is C17H13FN4O. The number of allylic oxidation sites excluding steroid dienone is 1. The highest BCUT2D eigenvalue weighted by molar-refractivity contribution is 6.19. The van der Waals surface area contributed by atoms with Crippen LogP contribution >= 0.6 is 0 Å². The number of aromatic nitrogens is 4. The summed E-state index contributed by atoms with van der Waals surface area (Å²) in [6, 6.07) is 15.4. The molecule has 0 bridgehead atoms. The molecule has 0 unspecified atom stereocenters. The van der Waals surface area contributed by atoms with E-state index in [0.717, 1.165) is 11.8 Å². The first-order valence-electron chi connectivity index (χ1n) is 6.94. The SMILES string of the molecule is Cn1nnnc1/C(C=O)=C(\c1ccccc1)c1ccc(F)cc1. The van der Waals surface area contributed by atoms with Crippen LogP contribution in [0.5, 0.6) is 0 Å². The number of halogens is 1. The Morgan fingerprint density at radius 1 is 1.04 bits per heavy atom. The van der Waals surface area contributed by atoms with Gasteiger partial charge in [0, 0.05) is 12.6 Å². The quantitative estimate of drug-likeness (QED) is 0.549. The van der Waals surface area contributed by atoms with Gasteiger partial charge in [-0.2, -0.15) is 0 Å². The van der Waals surface area contributed by atoms with Crippen LogP contribution in [0.3, 0.4) is 0 Å². The molecule has 0 aliphatic carbocycles. The van der Waals surface area contributed by atoms with Crippen LogP contribution in [0.4, 0.5) is 4.39 Å². The molecule has 3 aromatic rings. The van der Waals surface area contributed by atoms with Gasteiger partial charge in [-0.3, -0.25) is 4.79 Å². The summed E-state index contributed by atoms with van der Waals surface area (Å²) in [6.45, 7) is 0. The maximum atomic E-state index is 13.3. The number of aldehydes is 1. The fourth-order valence-electron chi connectivity index (χ4n) is 2.38. The monoisotopic (exact) mass is 308 g/mol. The van der Waals surface area contributed by atoms with Gasteiger partial charge in [-0.1, -0.05) is 42.5 Å². The fourth-order valence-corrected chi connectivity index (χ4v) is 2.38. The molecule has 0 N–H and O–H groups in total. The van der Waals surface area contributed by atoms with Crippen molar-refractivity contribution in [2.45, 2.75) is 0 Å². The number of benzene rings is 2. The predicted molar refractivity (Wildman–Crippen MR) is 83.6 cm³/mol. The summed E-state index contributed by atoms with van der Waals surface area (Å²) in [4.78, 5) is 11.8. The van der Waals surface area contributed by atoms with Crippen molar-refractivity contribution in [3.05, 3.63) is 77.4 Å². The molecule has 1 heterocycles. The molecule has 3 rings (SSSR count). The van der Waals surface area contributed by atoms with Crippen LogP contribution in [0, 0.1) is 5.82 Å². The average molecular weight is 308 g/mol. The van der Waals surface area contributed by atoms with Gasteiger partial charge in [0.05, 0.1) is 5.57 Å². The van der Waals surface area contributed by atoms with E-state index < -0.39 is 0 Å². The zero-order valence-electron chi connectivity index (χ0n) is 12.3. The van der Waals surface area contributed by atoms with Crippen LogP contribution in [0.1, 0.15) is 17.0 Å². The number of tetrazole rings is 1. The van der Waals surface area contributed by atoms with Gasteiger partial charge in [-0.15, -0.1) is 5.10 Å². The van der Waals surface area contributed by atoms with Crippen LogP contribution in [-0.4, -0.2) is 26.5 Å². The number of aryl methyl sites for hydroxylation is 1. The zero-order valence-corrected chi connectivity index (χ0v) is 12.3. The molecule has 1 aromatic heterocycles. The minimum absolute atomic E-state index is 0.339. The van der Waals surface area contributed by atoms with Gasteiger partial charge in [0.25, 0.3) is 0 Å². The molecule has 23 heavy (non-hydrogen) atoms. The lowest BCUT2D eigenvalue weighted by Gasteiger charge is -2.12. The van der Waals surface area contributed by atoms with Crippen molar-refractivity contribution >= 4 is 17.4 Å². The minimum atomic E-state index is -0.339. The number of rotatable bonds is 4.